The highest BCUT2D eigenvalue weighted by Crippen LogP contribution is 2.42. The van der Waals surface area contributed by atoms with Gasteiger partial charge in [-0.3, -0.25) is 4.79 Å². The summed E-state index contributed by atoms with van der Waals surface area (Å²) in [6.07, 6.45) is -8.15. The van der Waals surface area contributed by atoms with Gasteiger partial charge < -0.3 is 45.5 Å². The van der Waals surface area contributed by atoms with E-state index in [0.29, 0.717) is 29.7 Å². The van der Waals surface area contributed by atoms with Gasteiger partial charge in [0.25, 0.3) is 0 Å². The van der Waals surface area contributed by atoms with Gasteiger partial charge in [0.05, 0.1) is 24.2 Å². The van der Waals surface area contributed by atoms with Gasteiger partial charge >= 0.3 is 0 Å². The predicted octanol–water partition coefficient (Wildman–Crippen LogP) is 0.351. The van der Waals surface area contributed by atoms with Gasteiger partial charge in [-0.1, -0.05) is 6.07 Å². The number of carbonyl (C=O) groups excluding carboxylic acids is 1. The average Bonchev–Trinajstić information content (AvgIpc) is 2.76. The number of rotatable bonds is 8. The molecule has 0 spiro atoms. The first-order chi connectivity index (χ1) is 15.6. The summed E-state index contributed by atoms with van der Waals surface area (Å²) in [6, 6.07) is 4.78. The lowest BCUT2D eigenvalue weighted by Crippen LogP contribution is -2.62. The summed E-state index contributed by atoms with van der Waals surface area (Å²) in [5.74, 6) is -0.255. The zero-order chi connectivity index (χ0) is 24.4. The number of nitrogens with two attached hydrogens (primary N) is 1. The zero-order valence-electron chi connectivity index (χ0n) is 18.8. The smallest absolute Gasteiger partial charge is 0.229 e. The minimum atomic E-state index is -1.67. The molecule has 0 amide bonds. The Morgan fingerprint density at radius 2 is 1.88 bits per heavy atom. The van der Waals surface area contributed by atoms with Crippen molar-refractivity contribution in [1.29, 1.82) is 0 Å². The van der Waals surface area contributed by atoms with E-state index >= 15 is 0 Å². The maximum absolute atomic E-state index is 12.1. The van der Waals surface area contributed by atoms with Crippen LogP contribution in [0.15, 0.2) is 18.2 Å². The number of hydrogen-bond donors (Lipinski definition) is 6. The van der Waals surface area contributed by atoms with Crippen molar-refractivity contribution in [2.24, 2.45) is 5.73 Å². The van der Waals surface area contributed by atoms with Crippen molar-refractivity contribution in [3.05, 3.63) is 29.3 Å². The summed E-state index contributed by atoms with van der Waals surface area (Å²) in [7, 11) is 1.44. The van der Waals surface area contributed by atoms with Crippen LogP contribution in [0.4, 0.5) is 0 Å². The molecule has 3 rings (SSSR count). The number of aromatic hydroxyl groups is 1. The van der Waals surface area contributed by atoms with Crippen molar-refractivity contribution in [2.45, 2.75) is 63.5 Å². The minimum absolute atomic E-state index is 0.0205. The third-order valence-corrected chi connectivity index (χ3v) is 5.87. The minimum Gasteiger partial charge on any atom is -0.506 e. The topological polar surface area (TPSA) is 172 Å². The Morgan fingerprint density at radius 1 is 1.18 bits per heavy atom. The molecule has 0 radical (unpaired) electrons. The van der Waals surface area contributed by atoms with Gasteiger partial charge in [0.15, 0.2) is 5.78 Å². The number of aliphatic hydroxyl groups is 4. The average molecular weight is 465 g/mol. The Hall–Kier alpha value is -2.47. The van der Waals surface area contributed by atoms with Crippen LogP contribution < -0.4 is 15.2 Å². The van der Waals surface area contributed by atoms with E-state index in [9.17, 15) is 30.3 Å². The van der Waals surface area contributed by atoms with Crippen LogP contribution in [0.5, 0.6) is 17.2 Å². The van der Waals surface area contributed by atoms with Gasteiger partial charge in [-0.25, -0.2) is 0 Å². The Labute approximate surface area is 191 Å². The molecule has 6 atom stereocenters. The molecule has 0 aromatic heterocycles. The molecule has 10 heteroatoms. The van der Waals surface area contributed by atoms with Crippen LogP contribution >= 0.6 is 0 Å². The summed E-state index contributed by atoms with van der Waals surface area (Å²) >= 11 is 0. The molecule has 182 valence electrons. The molecule has 1 aliphatic heterocycles. The SMILES string of the molecule is COc1cc(O[C@H]2O[C@H]([C@H](O)CCCN)[C@@H](O)[C@H](O)[C@H]2O)c2c(O)c(C(C)=O)c(C)cc2c1. The third-order valence-electron chi connectivity index (χ3n) is 5.87. The van der Waals surface area contributed by atoms with Gasteiger partial charge in [-0.15, -0.1) is 0 Å². The van der Waals surface area contributed by atoms with E-state index < -0.39 is 36.8 Å². The summed E-state index contributed by atoms with van der Waals surface area (Å²) < 4.78 is 16.8. The summed E-state index contributed by atoms with van der Waals surface area (Å²) in [5.41, 5.74) is 6.15. The molecule has 0 bridgehead atoms. The maximum atomic E-state index is 12.1. The van der Waals surface area contributed by atoms with Crippen molar-refractivity contribution in [3.63, 3.8) is 0 Å². The van der Waals surface area contributed by atoms with E-state index in [2.05, 4.69) is 0 Å². The van der Waals surface area contributed by atoms with Crippen molar-refractivity contribution >= 4 is 16.6 Å². The fourth-order valence-electron chi connectivity index (χ4n) is 4.16. The quantitative estimate of drug-likeness (QED) is 0.299. The number of ether oxygens (including phenoxy) is 3. The monoisotopic (exact) mass is 465 g/mol. The fraction of sp³-hybridized carbons (Fsp3) is 0.522. The summed E-state index contributed by atoms with van der Waals surface area (Å²) in [6.45, 7) is 3.34. The molecule has 2 aromatic carbocycles. The molecular formula is C23H31NO9. The Kier molecular flexibility index (Phi) is 7.78. The number of aryl methyl sites for hydroxylation is 1. The first kappa shape index (κ1) is 25.2. The zero-order valence-corrected chi connectivity index (χ0v) is 18.8. The van der Waals surface area contributed by atoms with Gasteiger partial charge in [0, 0.05) is 6.07 Å². The molecule has 1 aliphatic rings. The number of Topliss-reactive ketones (excluding diaryl/α,β-unsaturated/α-hetero) is 1. The molecule has 7 N–H and O–H groups in total. The van der Waals surface area contributed by atoms with Gasteiger partial charge in [0.2, 0.25) is 6.29 Å². The third kappa shape index (κ3) is 4.91. The molecule has 0 unspecified atom stereocenters. The van der Waals surface area contributed by atoms with Crippen molar-refractivity contribution < 1.29 is 44.5 Å². The first-order valence-electron chi connectivity index (χ1n) is 10.7. The number of phenolic OH excluding ortho intramolecular Hbond substituents is 1. The number of phenols is 1. The molecule has 1 fully saturated rings. The molecule has 1 heterocycles. The highest BCUT2D eigenvalue weighted by molar-refractivity contribution is 6.07. The normalized spacial score (nSPS) is 26.2. The second kappa shape index (κ2) is 10.2. The van der Waals surface area contributed by atoms with Crippen LogP contribution in [-0.2, 0) is 4.74 Å². The van der Waals surface area contributed by atoms with Crippen LogP contribution in [0.25, 0.3) is 10.8 Å². The van der Waals surface area contributed by atoms with Crippen LogP contribution in [0, 0.1) is 6.92 Å². The summed E-state index contributed by atoms with van der Waals surface area (Å²) in [4.78, 5) is 12.1. The number of aliphatic hydroxyl groups excluding tert-OH is 4. The lowest BCUT2D eigenvalue weighted by molar-refractivity contribution is -0.288. The van der Waals surface area contributed by atoms with Crippen LogP contribution in [0.1, 0.15) is 35.7 Å². The molecule has 0 aliphatic carbocycles. The van der Waals surface area contributed by atoms with Crippen molar-refractivity contribution in [1.82, 2.24) is 0 Å². The van der Waals surface area contributed by atoms with E-state index in [0.717, 1.165) is 0 Å². The Bertz CT molecular complexity index is 1010. The van der Waals surface area contributed by atoms with E-state index in [4.69, 9.17) is 19.9 Å². The number of methoxy groups -OCH3 is 1. The Balaban J connectivity index is 2.04. The number of carbonyl (C=O) groups is 1. The second-order valence-electron chi connectivity index (χ2n) is 8.25. The van der Waals surface area contributed by atoms with Gasteiger partial charge in [-0.2, -0.15) is 0 Å². The van der Waals surface area contributed by atoms with Crippen LogP contribution in [0.3, 0.4) is 0 Å². The van der Waals surface area contributed by atoms with E-state index in [1.165, 1.54) is 20.1 Å². The van der Waals surface area contributed by atoms with Crippen molar-refractivity contribution in [3.8, 4) is 17.2 Å². The number of benzene rings is 2. The first-order valence-corrected chi connectivity index (χ1v) is 10.7. The summed E-state index contributed by atoms with van der Waals surface area (Å²) in [5, 5.41) is 53.1. The van der Waals surface area contributed by atoms with Crippen LogP contribution in [-0.4, -0.2) is 81.8 Å². The fourth-order valence-corrected chi connectivity index (χ4v) is 4.16. The lowest BCUT2D eigenvalue weighted by Gasteiger charge is -2.42. The molecule has 2 aromatic rings. The van der Waals surface area contributed by atoms with Crippen molar-refractivity contribution in [2.75, 3.05) is 13.7 Å². The Morgan fingerprint density at radius 3 is 2.48 bits per heavy atom. The molecule has 33 heavy (non-hydrogen) atoms. The highest BCUT2D eigenvalue weighted by Gasteiger charge is 2.47. The highest BCUT2D eigenvalue weighted by atomic mass is 16.7. The molecule has 10 nitrogen and oxygen atoms in total. The van der Waals surface area contributed by atoms with Gasteiger partial charge in [-0.05, 0) is 50.2 Å². The number of hydrogen-bond acceptors (Lipinski definition) is 10. The molecule has 1 saturated heterocycles. The lowest BCUT2D eigenvalue weighted by atomic mass is 9.93. The van der Waals surface area contributed by atoms with E-state index in [1.54, 1.807) is 19.1 Å². The predicted molar refractivity (Wildman–Crippen MR) is 119 cm³/mol. The van der Waals surface area contributed by atoms with Gasteiger partial charge in [0.1, 0.15) is 41.7 Å². The molecule has 0 saturated carbocycles. The number of fused-ring (bicyclic) bond motifs is 1. The van der Waals surface area contributed by atoms with Crippen LogP contribution in [0.2, 0.25) is 0 Å². The standard InChI is InChI=1S/C23H31NO9/c1-10-7-12-8-13(31-3)9-15(17(12)18(27)16(10)11(2)25)32-23-21(30)19(28)20(29)22(33-23)14(26)5-4-6-24/h7-9,14,19-23,26-30H,4-6,24H2,1-3H3/t14-,19+,20+,21-,22-,23+/m1/s1. The number of ketones is 1. The second-order valence-corrected chi connectivity index (χ2v) is 8.25. The molecular weight excluding hydrogens is 434 g/mol. The largest absolute Gasteiger partial charge is 0.506 e. The van der Waals surface area contributed by atoms with E-state index in [-0.39, 0.29) is 34.7 Å². The maximum Gasteiger partial charge on any atom is 0.229 e. The van der Waals surface area contributed by atoms with E-state index in [1.807, 2.05) is 0 Å².